The zero-order chi connectivity index (χ0) is 21.3. The van der Waals surface area contributed by atoms with Crippen LogP contribution in [0.25, 0.3) is 0 Å². The minimum Gasteiger partial charge on any atom is -0.483 e. The molecule has 1 aliphatic carbocycles. The number of carbonyl (C=O) groups is 2. The molecule has 0 spiro atoms. The number of rotatable bonds is 4. The van der Waals surface area contributed by atoms with Gasteiger partial charge in [0.15, 0.2) is 0 Å². The van der Waals surface area contributed by atoms with Crippen molar-refractivity contribution in [3.05, 3.63) is 48.0 Å². The highest BCUT2D eigenvalue weighted by Crippen LogP contribution is 2.40. The molecule has 1 aliphatic heterocycles. The summed E-state index contributed by atoms with van der Waals surface area (Å²) in [6.07, 6.45) is 6.72. The normalized spacial score (nSPS) is 17.2. The van der Waals surface area contributed by atoms with E-state index in [2.05, 4.69) is 25.2 Å². The second-order valence-electron chi connectivity index (χ2n) is 7.45. The highest BCUT2D eigenvalue weighted by molar-refractivity contribution is 5.75. The van der Waals surface area contributed by atoms with Crippen molar-refractivity contribution >= 4 is 18.5 Å². The molecular weight excluding hydrogens is 384 g/mol. The second-order valence-corrected chi connectivity index (χ2v) is 7.45. The topological polar surface area (TPSA) is 112 Å². The van der Waals surface area contributed by atoms with Gasteiger partial charge in [-0.05, 0) is 50.3 Å². The van der Waals surface area contributed by atoms with E-state index in [0.717, 1.165) is 56.2 Å². The molecule has 0 bridgehead atoms. The summed E-state index contributed by atoms with van der Waals surface area (Å²) in [7, 11) is 0. The number of carbonyl (C=O) groups excluding carboxylic acids is 1. The van der Waals surface area contributed by atoms with E-state index in [0.29, 0.717) is 12.5 Å². The summed E-state index contributed by atoms with van der Waals surface area (Å²) in [6, 6.07) is 7.86. The summed E-state index contributed by atoms with van der Waals surface area (Å²) in [5, 5.41) is 10.1. The smallest absolute Gasteiger partial charge is 0.318 e. The molecule has 4 rings (SSSR count). The van der Waals surface area contributed by atoms with Crippen LogP contribution in [0.1, 0.15) is 36.7 Å². The van der Waals surface area contributed by atoms with Crippen molar-refractivity contribution in [2.45, 2.75) is 32.2 Å². The Kier molecular flexibility index (Phi) is 7.53. The van der Waals surface area contributed by atoms with E-state index < -0.39 is 0 Å². The minimum atomic E-state index is -0.250. The van der Waals surface area contributed by atoms with Crippen molar-refractivity contribution < 1.29 is 14.7 Å². The van der Waals surface area contributed by atoms with Crippen molar-refractivity contribution in [3.63, 3.8) is 0 Å². The Bertz CT molecular complexity index is 831. The van der Waals surface area contributed by atoms with Gasteiger partial charge in [-0.3, -0.25) is 9.78 Å². The molecule has 0 aromatic carbocycles. The zero-order valence-corrected chi connectivity index (χ0v) is 17.1. The number of carboxylic acid groups (broad SMARTS) is 1. The molecule has 2 aromatic rings. The van der Waals surface area contributed by atoms with Gasteiger partial charge in [0.1, 0.15) is 0 Å². The van der Waals surface area contributed by atoms with Crippen LogP contribution in [0.3, 0.4) is 0 Å². The van der Waals surface area contributed by atoms with Crippen LogP contribution in [-0.4, -0.2) is 63.6 Å². The van der Waals surface area contributed by atoms with Crippen LogP contribution in [0, 0.1) is 12.8 Å². The SMILES string of the molecule is Cc1cccc(C(NC(=O)N2CCCN(c3ncccn3)CC2)C2CC2)n1.O=CO. The second kappa shape index (κ2) is 10.5. The minimum absolute atomic E-state index is 0.00559. The molecule has 2 amide bonds. The number of aromatic nitrogens is 3. The lowest BCUT2D eigenvalue weighted by atomic mass is 10.1. The number of amides is 2. The van der Waals surface area contributed by atoms with Gasteiger partial charge in [-0.25, -0.2) is 14.8 Å². The summed E-state index contributed by atoms with van der Waals surface area (Å²) in [4.78, 5) is 38.7. The summed E-state index contributed by atoms with van der Waals surface area (Å²) in [6.45, 7) is 4.76. The lowest BCUT2D eigenvalue weighted by Gasteiger charge is -2.25. The molecule has 30 heavy (non-hydrogen) atoms. The van der Waals surface area contributed by atoms with E-state index in [1.165, 1.54) is 0 Å². The molecule has 2 fully saturated rings. The van der Waals surface area contributed by atoms with Gasteiger partial charge in [0.05, 0.1) is 11.7 Å². The number of nitrogens with one attached hydrogen (secondary N) is 1. The lowest BCUT2D eigenvalue weighted by molar-refractivity contribution is -0.122. The molecular formula is C21H28N6O3. The fourth-order valence-electron chi connectivity index (χ4n) is 3.60. The van der Waals surface area contributed by atoms with Crippen molar-refractivity contribution in [1.82, 2.24) is 25.2 Å². The first-order chi connectivity index (χ1) is 14.6. The third-order valence-electron chi connectivity index (χ3n) is 5.22. The van der Waals surface area contributed by atoms with Crippen LogP contribution in [0.2, 0.25) is 0 Å². The Morgan fingerprint density at radius 3 is 2.57 bits per heavy atom. The van der Waals surface area contributed by atoms with Crippen molar-refractivity contribution in [1.29, 1.82) is 0 Å². The lowest BCUT2D eigenvalue weighted by Crippen LogP contribution is -2.44. The standard InChI is InChI=1S/C20H26N6O.CH2O2/c1-15-5-2-6-17(23-15)18(16-7-8-16)24-20(27)26-12-4-11-25(13-14-26)19-21-9-3-10-22-19;2-1-3/h2-3,5-6,9-10,16,18H,4,7-8,11-14H2,1H3,(H,24,27);1H,(H,2,3). The number of aryl methyl sites for hydroxylation is 1. The van der Waals surface area contributed by atoms with Crippen LogP contribution >= 0.6 is 0 Å². The number of hydrogen-bond acceptors (Lipinski definition) is 6. The van der Waals surface area contributed by atoms with Gasteiger partial charge in [-0.2, -0.15) is 0 Å². The molecule has 2 N–H and O–H groups in total. The third kappa shape index (κ3) is 5.88. The predicted molar refractivity (Wildman–Crippen MR) is 112 cm³/mol. The highest BCUT2D eigenvalue weighted by atomic mass is 16.3. The van der Waals surface area contributed by atoms with Crippen LogP contribution in [-0.2, 0) is 4.79 Å². The van der Waals surface area contributed by atoms with Gasteiger partial charge in [0.2, 0.25) is 5.95 Å². The van der Waals surface area contributed by atoms with Gasteiger partial charge in [-0.15, -0.1) is 0 Å². The number of anilines is 1. The summed E-state index contributed by atoms with van der Waals surface area (Å²) in [5.41, 5.74) is 1.96. The summed E-state index contributed by atoms with van der Waals surface area (Å²) in [5.74, 6) is 1.24. The summed E-state index contributed by atoms with van der Waals surface area (Å²) >= 11 is 0. The molecule has 9 heteroatoms. The molecule has 1 unspecified atom stereocenters. The molecule has 2 aromatic heterocycles. The molecule has 3 heterocycles. The largest absolute Gasteiger partial charge is 0.483 e. The maximum Gasteiger partial charge on any atom is 0.318 e. The van der Waals surface area contributed by atoms with Crippen LogP contribution < -0.4 is 10.2 Å². The fraction of sp³-hybridized carbons (Fsp3) is 0.476. The van der Waals surface area contributed by atoms with Crippen molar-refractivity contribution in [2.75, 3.05) is 31.1 Å². The maximum absolute atomic E-state index is 12.9. The third-order valence-corrected chi connectivity index (χ3v) is 5.22. The average molecular weight is 412 g/mol. The van der Waals surface area contributed by atoms with Crippen molar-refractivity contribution in [2.24, 2.45) is 5.92 Å². The molecule has 1 atom stereocenters. The van der Waals surface area contributed by atoms with E-state index >= 15 is 0 Å². The highest BCUT2D eigenvalue weighted by Gasteiger charge is 2.35. The first-order valence-electron chi connectivity index (χ1n) is 10.2. The number of nitrogens with zero attached hydrogens (tertiary/aromatic N) is 5. The Hall–Kier alpha value is -3.23. The number of hydrogen-bond donors (Lipinski definition) is 2. The molecule has 0 radical (unpaired) electrons. The van der Waals surface area contributed by atoms with Gasteiger partial charge in [0, 0.05) is 44.3 Å². The first-order valence-corrected chi connectivity index (χ1v) is 10.2. The Morgan fingerprint density at radius 1 is 1.17 bits per heavy atom. The quantitative estimate of drug-likeness (QED) is 0.741. The number of pyridine rings is 1. The fourth-order valence-corrected chi connectivity index (χ4v) is 3.60. The van der Waals surface area contributed by atoms with E-state index in [1.807, 2.05) is 36.1 Å². The summed E-state index contributed by atoms with van der Waals surface area (Å²) < 4.78 is 0. The molecule has 160 valence electrons. The average Bonchev–Trinajstić information content (AvgIpc) is 3.60. The molecule has 2 aliphatic rings. The molecule has 1 saturated heterocycles. The van der Waals surface area contributed by atoms with E-state index in [4.69, 9.17) is 9.90 Å². The van der Waals surface area contributed by atoms with Gasteiger partial charge in [-0.1, -0.05) is 6.07 Å². The Balaban J connectivity index is 0.000000806. The van der Waals surface area contributed by atoms with Crippen LogP contribution in [0.15, 0.2) is 36.7 Å². The van der Waals surface area contributed by atoms with E-state index in [-0.39, 0.29) is 18.5 Å². The Labute approximate surface area is 176 Å². The van der Waals surface area contributed by atoms with Crippen LogP contribution in [0.4, 0.5) is 10.7 Å². The van der Waals surface area contributed by atoms with E-state index in [9.17, 15) is 4.79 Å². The number of urea groups is 1. The van der Waals surface area contributed by atoms with Gasteiger partial charge < -0.3 is 20.2 Å². The maximum atomic E-state index is 12.9. The van der Waals surface area contributed by atoms with Crippen molar-refractivity contribution in [3.8, 4) is 0 Å². The monoisotopic (exact) mass is 412 g/mol. The molecule has 9 nitrogen and oxygen atoms in total. The predicted octanol–water partition coefficient (Wildman–Crippen LogP) is 2.25. The zero-order valence-electron chi connectivity index (χ0n) is 17.1. The van der Waals surface area contributed by atoms with E-state index in [1.54, 1.807) is 12.4 Å². The first kappa shape index (κ1) is 21.5. The molecule has 1 saturated carbocycles. The van der Waals surface area contributed by atoms with Crippen LogP contribution in [0.5, 0.6) is 0 Å². The van der Waals surface area contributed by atoms with Gasteiger partial charge >= 0.3 is 6.03 Å². The Morgan fingerprint density at radius 2 is 1.90 bits per heavy atom. The van der Waals surface area contributed by atoms with Gasteiger partial charge in [0.25, 0.3) is 6.47 Å².